The molecule has 3 rings (SSSR count). The minimum absolute atomic E-state index is 0.0399. The zero-order valence-electron chi connectivity index (χ0n) is 11.4. The summed E-state index contributed by atoms with van der Waals surface area (Å²) in [5.74, 6) is -0.855. The second-order valence-corrected chi connectivity index (χ2v) is 5.18. The number of carbonyl (C=O) groups is 1. The van der Waals surface area contributed by atoms with Gasteiger partial charge in [-0.05, 0) is 60.7 Å². The van der Waals surface area contributed by atoms with Gasteiger partial charge < -0.3 is 9.84 Å². The number of benzene rings is 2. The molecule has 0 amide bonds. The minimum Gasteiger partial charge on any atom is -0.489 e. The smallest absolute Gasteiger partial charge is 0.336 e. The molecule has 21 heavy (non-hydrogen) atoms. The summed E-state index contributed by atoms with van der Waals surface area (Å²) in [6.07, 6.45) is 3.31. The number of aryl methyl sites for hydroxylation is 2. The Morgan fingerprint density at radius 1 is 1.14 bits per heavy atom. The summed E-state index contributed by atoms with van der Waals surface area (Å²) in [6.45, 7) is 0.0399. The van der Waals surface area contributed by atoms with Gasteiger partial charge in [-0.3, -0.25) is 0 Å². The van der Waals surface area contributed by atoms with Crippen LogP contribution in [0.15, 0.2) is 36.4 Å². The molecule has 1 N–H and O–H groups in total. The fraction of sp³-hybridized carbons (Fsp3) is 0.235. The number of rotatable bonds is 4. The molecule has 4 heteroatoms. The molecule has 3 nitrogen and oxygen atoms in total. The van der Waals surface area contributed by atoms with Crippen LogP contribution in [0.1, 0.15) is 33.5 Å². The molecule has 2 aromatic carbocycles. The van der Waals surface area contributed by atoms with Crippen LogP contribution in [-0.2, 0) is 19.4 Å². The zero-order chi connectivity index (χ0) is 14.8. The molecule has 0 fully saturated rings. The van der Waals surface area contributed by atoms with E-state index in [1.165, 1.54) is 23.3 Å². The molecule has 0 atom stereocenters. The number of hydrogen-bond acceptors (Lipinski definition) is 2. The van der Waals surface area contributed by atoms with Crippen molar-refractivity contribution in [3.63, 3.8) is 0 Å². The van der Waals surface area contributed by atoms with Gasteiger partial charge in [0.15, 0.2) is 0 Å². The predicted octanol–water partition coefficient (Wildman–Crippen LogP) is 3.59. The molecule has 0 aromatic heterocycles. The lowest BCUT2D eigenvalue weighted by atomic mass is 10.1. The maximum atomic E-state index is 13.3. The number of fused-ring (bicyclic) bond motifs is 1. The Labute approximate surface area is 122 Å². The highest BCUT2D eigenvalue weighted by molar-refractivity contribution is 5.89. The normalized spacial score (nSPS) is 13.0. The summed E-state index contributed by atoms with van der Waals surface area (Å²) in [6, 6.07) is 9.52. The van der Waals surface area contributed by atoms with E-state index in [0.717, 1.165) is 25.3 Å². The third-order valence-electron chi connectivity index (χ3n) is 3.76. The van der Waals surface area contributed by atoms with Gasteiger partial charge in [0, 0.05) is 5.56 Å². The van der Waals surface area contributed by atoms with Crippen molar-refractivity contribution in [2.75, 3.05) is 0 Å². The summed E-state index contributed by atoms with van der Waals surface area (Å²) < 4.78 is 18.9. The van der Waals surface area contributed by atoms with Crippen molar-refractivity contribution in [1.82, 2.24) is 0 Å². The zero-order valence-corrected chi connectivity index (χ0v) is 11.4. The van der Waals surface area contributed by atoms with E-state index in [4.69, 9.17) is 9.84 Å². The van der Waals surface area contributed by atoms with E-state index in [1.54, 1.807) is 0 Å². The molecule has 0 heterocycles. The van der Waals surface area contributed by atoms with Crippen molar-refractivity contribution >= 4 is 5.97 Å². The second kappa shape index (κ2) is 5.56. The number of ether oxygens (including phenoxy) is 1. The van der Waals surface area contributed by atoms with E-state index < -0.39 is 11.8 Å². The Morgan fingerprint density at radius 2 is 1.95 bits per heavy atom. The van der Waals surface area contributed by atoms with Crippen LogP contribution in [0.25, 0.3) is 0 Å². The van der Waals surface area contributed by atoms with Gasteiger partial charge in [-0.2, -0.15) is 0 Å². The van der Waals surface area contributed by atoms with Crippen molar-refractivity contribution in [2.24, 2.45) is 0 Å². The van der Waals surface area contributed by atoms with Crippen molar-refractivity contribution in [1.29, 1.82) is 0 Å². The SMILES string of the molecule is O=C(O)c1ccc(F)cc1COc1ccc2c(c1)CCC2. The Morgan fingerprint density at radius 3 is 2.76 bits per heavy atom. The summed E-state index contributed by atoms with van der Waals surface area (Å²) in [4.78, 5) is 11.1. The highest BCUT2D eigenvalue weighted by atomic mass is 19.1. The van der Waals surface area contributed by atoms with E-state index in [2.05, 4.69) is 0 Å². The third-order valence-corrected chi connectivity index (χ3v) is 3.76. The number of carboxylic acid groups (broad SMARTS) is 1. The quantitative estimate of drug-likeness (QED) is 0.934. The van der Waals surface area contributed by atoms with Gasteiger partial charge >= 0.3 is 5.97 Å². The highest BCUT2D eigenvalue weighted by Gasteiger charge is 2.13. The summed E-state index contributed by atoms with van der Waals surface area (Å²) >= 11 is 0. The maximum absolute atomic E-state index is 13.3. The van der Waals surface area contributed by atoms with Crippen molar-refractivity contribution in [2.45, 2.75) is 25.9 Å². The first-order valence-electron chi connectivity index (χ1n) is 6.90. The predicted molar refractivity (Wildman–Crippen MR) is 76.2 cm³/mol. The van der Waals surface area contributed by atoms with Gasteiger partial charge in [-0.15, -0.1) is 0 Å². The molecular formula is C17H15FO3. The lowest BCUT2D eigenvalue weighted by molar-refractivity contribution is 0.0694. The Hall–Kier alpha value is -2.36. The first kappa shape index (κ1) is 13.6. The van der Waals surface area contributed by atoms with Crippen LogP contribution in [0.5, 0.6) is 5.75 Å². The monoisotopic (exact) mass is 286 g/mol. The van der Waals surface area contributed by atoms with Crippen molar-refractivity contribution in [3.05, 3.63) is 64.5 Å². The standard InChI is InChI=1S/C17H15FO3/c18-14-5-7-16(17(19)20)13(8-14)10-21-15-6-4-11-2-1-3-12(11)9-15/h4-9H,1-3,10H2,(H,19,20). The van der Waals surface area contributed by atoms with Crippen LogP contribution in [0.3, 0.4) is 0 Å². The van der Waals surface area contributed by atoms with Gasteiger partial charge in [0.1, 0.15) is 18.2 Å². The number of carboxylic acids is 1. The fourth-order valence-corrected chi connectivity index (χ4v) is 2.69. The first-order chi connectivity index (χ1) is 10.1. The Balaban J connectivity index is 1.78. The Kier molecular flexibility index (Phi) is 3.60. The van der Waals surface area contributed by atoms with E-state index >= 15 is 0 Å². The van der Waals surface area contributed by atoms with E-state index in [1.807, 2.05) is 18.2 Å². The third kappa shape index (κ3) is 2.89. The summed E-state index contributed by atoms with van der Waals surface area (Å²) in [7, 11) is 0. The lowest BCUT2D eigenvalue weighted by Crippen LogP contribution is -2.06. The molecule has 0 radical (unpaired) electrons. The molecule has 1 aliphatic carbocycles. The minimum atomic E-state index is -1.08. The molecule has 0 aliphatic heterocycles. The molecule has 108 valence electrons. The van der Waals surface area contributed by atoms with E-state index in [9.17, 15) is 9.18 Å². The van der Waals surface area contributed by atoms with Crippen LogP contribution in [0.2, 0.25) is 0 Å². The average molecular weight is 286 g/mol. The lowest BCUT2D eigenvalue weighted by Gasteiger charge is -2.10. The molecular weight excluding hydrogens is 271 g/mol. The average Bonchev–Trinajstić information content (AvgIpc) is 2.92. The number of aromatic carboxylic acids is 1. The van der Waals surface area contributed by atoms with Crippen LogP contribution in [0, 0.1) is 5.82 Å². The van der Waals surface area contributed by atoms with Crippen molar-refractivity contribution in [3.8, 4) is 5.75 Å². The van der Waals surface area contributed by atoms with Gasteiger partial charge in [0.25, 0.3) is 0 Å². The molecule has 0 saturated carbocycles. The van der Waals surface area contributed by atoms with Crippen LogP contribution in [0.4, 0.5) is 4.39 Å². The molecule has 0 unspecified atom stereocenters. The van der Waals surface area contributed by atoms with Crippen LogP contribution in [-0.4, -0.2) is 11.1 Å². The van der Waals surface area contributed by atoms with Crippen molar-refractivity contribution < 1.29 is 19.0 Å². The molecule has 2 aromatic rings. The summed E-state index contributed by atoms with van der Waals surface area (Å²) in [5, 5.41) is 9.10. The number of hydrogen-bond donors (Lipinski definition) is 1. The Bertz CT molecular complexity index is 694. The fourth-order valence-electron chi connectivity index (χ4n) is 2.69. The van der Waals surface area contributed by atoms with Crippen LogP contribution < -0.4 is 4.74 Å². The van der Waals surface area contributed by atoms with Gasteiger partial charge in [-0.25, -0.2) is 9.18 Å². The van der Waals surface area contributed by atoms with Gasteiger partial charge in [0.2, 0.25) is 0 Å². The topological polar surface area (TPSA) is 46.5 Å². The molecule has 1 aliphatic rings. The van der Waals surface area contributed by atoms with Gasteiger partial charge in [-0.1, -0.05) is 6.07 Å². The summed E-state index contributed by atoms with van der Waals surface area (Å²) in [5.41, 5.74) is 3.03. The van der Waals surface area contributed by atoms with Crippen LogP contribution >= 0.6 is 0 Å². The maximum Gasteiger partial charge on any atom is 0.336 e. The largest absolute Gasteiger partial charge is 0.489 e. The van der Waals surface area contributed by atoms with E-state index in [0.29, 0.717) is 11.3 Å². The molecule has 0 spiro atoms. The van der Waals surface area contributed by atoms with Gasteiger partial charge in [0.05, 0.1) is 5.56 Å². The number of halogens is 1. The molecule has 0 saturated heterocycles. The second-order valence-electron chi connectivity index (χ2n) is 5.18. The highest BCUT2D eigenvalue weighted by Crippen LogP contribution is 2.26. The van der Waals surface area contributed by atoms with E-state index in [-0.39, 0.29) is 12.2 Å². The first-order valence-corrected chi connectivity index (χ1v) is 6.90. The molecule has 0 bridgehead atoms.